The number of carbonyl (C=O) groups is 2. The molecule has 0 saturated heterocycles. The summed E-state index contributed by atoms with van der Waals surface area (Å²) in [6, 6.07) is 7.01. The fourth-order valence-electron chi connectivity index (χ4n) is 2.20. The molecule has 0 aliphatic carbocycles. The van der Waals surface area contributed by atoms with Crippen LogP contribution in [0, 0.1) is 6.92 Å². The van der Waals surface area contributed by atoms with Crippen molar-refractivity contribution in [2.45, 2.75) is 13.8 Å². The molecule has 0 saturated carbocycles. The third kappa shape index (κ3) is 4.72. The van der Waals surface area contributed by atoms with Crippen LogP contribution in [0.3, 0.4) is 0 Å². The van der Waals surface area contributed by atoms with Crippen LogP contribution in [0.4, 0.5) is 0 Å². The molecule has 1 aromatic carbocycles. The lowest BCUT2D eigenvalue weighted by Crippen LogP contribution is -2.16. The molecule has 0 amide bonds. The van der Waals surface area contributed by atoms with Gasteiger partial charge in [-0.15, -0.1) is 0 Å². The molecule has 2 aromatic rings. The number of aryl methyl sites for hydroxylation is 1. The maximum atomic E-state index is 12.2. The van der Waals surface area contributed by atoms with Gasteiger partial charge in [-0.2, -0.15) is 5.10 Å². The fourth-order valence-corrected chi connectivity index (χ4v) is 2.71. The Balaban J connectivity index is 2.41. The molecule has 8 heteroatoms. The highest BCUT2D eigenvalue weighted by Crippen LogP contribution is 2.27. The standard InChI is InChI=1S/C18H18Cl2N2O4/c1-11-15(10-16(12(2)23)18(24)26-8-7-25-3)17(20)22(21-11)14-6-4-5-13(19)9-14/h4-6,9-10H,7-8H2,1-3H3/b16-10+. The third-order valence-corrected chi connectivity index (χ3v) is 4.11. The summed E-state index contributed by atoms with van der Waals surface area (Å²) < 4.78 is 11.3. The molecule has 0 N–H and O–H groups in total. The third-order valence-electron chi connectivity index (χ3n) is 3.51. The molecule has 0 atom stereocenters. The van der Waals surface area contributed by atoms with Gasteiger partial charge in [-0.3, -0.25) is 4.79 Å². The van der Waals surface area contributed by atoms with Gasteiger partial charge in [0.15, 0.2) is 5.78 Å². The van der Waals surface area contributed by atoms with Gasteiger partial charge in [-0.1, -0.05) is 29.3 Å². The van der Waals surface area contributed by atoms with Crippen LogP contribution >= 0.6 is 23.2 Å². The first-order chi connectivity index (χ1) is 12.3. The average molecular weight is 397 g/mol. The highest BCUT2D eigenvalue weighted by molar-refractivity contribution is 6.32. The van der Waals surface area contributed by atoms with Gasteiger partial charge in [0.1, 0.15) is 17.3 Å². The summed E-state index contributed by atoms with van der Waals surface area (Å²) in [6.07, 6.45) is 1.39. The van der Waals surface area contributed by atoms with E-state index in [0.717, 1.165) is 0 Å². The van der Waals surface area contributed by atoms with E-state index in [0.29, 0.717) is 22.0 Å². The Morgan fingerprint density at radius 2 is 2.00 bits per heavy atom. The zero-order valence-corrected chi connectivity index (χ0v) is 16.1. The first-order valence-electron chi connectivity index (χ1n) is 7.75. The number of halogens is 2. The van der Waals surface area contributed by atoms with E-state index in [9.17, 15) is 9.59 Å². The number of methoxy groups -OCH3 is 1. The van der Waals surface area contributed by atoms with E-state index in [2.05, 4.69) is 5.10 Å². The van der Waals surface area contributed by atoms with E-state index < -0.39 is 11.8 Å². The Kier molecular flexibility index (Phi) is 6.97. The number of carbonyl (C=O) groups excluding carboxylic acids is 2. The zero-order chi connectivity index (χ0) is 19.3. The molecular weight excluding hydrogens is 379 g/mol. The van der Waals surface area contributed by atoms with Gasteiger partial charge in [-0.25, -0.2) is 9.48 Å². The summed E-state index contributed by atoms with van der Waals surface area (Å²) in [5.41, 5.74) is 1.56. The van der Waals surface area contributed by atoms with Crippen LogP contribution in [0.2, 0.25) is 10.2 Å². The molecule has 1 heterocycles. The van der Waals surface area contributed by atoms with Crippen LogP contribution in [-0.2, 0) is 19.1 Å². The Morgan fingerprint density at radius 1 is 1.27 bits per heavy atom. The lowest BCUT2D eigenvalue weighted by Gasteiger charge is -2.06. The predicted octanol–water partition coefficient (Wildman–Crippen LogP) is 3.65. The van der Waals surface area contributed by atoms with Crippen LogP contribution in [0.15, 0.2) is 29.8 Å². The van der Waals surface area contributed by atoms with Crippen LogP contribution in [-0.4, -0.2) is 41.9 Å². The molecule has 0 radical (unpaired) electrons. The monoisotopic (exact) mass is 396 g/mol. The second-order valence-corrected chi connectivity index (χ2v) is 6.22. The van der Waals surface area contributed by atoms with Crippen molar-refractivity contribution >= 4 is 41.0 Å². The molecule has 2 rings (SSSR count). The topological polar surface area (TPSA) is 70.4 Å². The van der Waals surface area contributed by atoms with Crippen molar-refractivity contribution in [1.82, 2.24) is 9.78 Å². The second kappa shape index (κ2) is 8.98. The molecule has 1 aromatic heterocycles. The SMILES string of the molecule is COCCOC(=O)/C(=C/c1c(C)nn(-c2cccc(Cl)c2)c1Cl)C(C)=O. The zero-order valence-electron chi connectivity index (χ0n) is 14.6. The van der Waals surface area contributed by atoms with E-state index in [-0.39, 0.29) is 23.9 Å². The Bertz CT molecular complexity index is 859. The van der Waals surface area contributed by atoms with Crippen molar-refractivity contribution < 1.29 is 19.1 Å². The molecule has 26 heavy (non-hydrogen) atoms. The molecule has 138 valence electrons. The van der Waals surface area contributed by atoms with Crippen molar-refractivity contribution in [3.8, 4) is 5.69 Å². The van der Waals surface area contributed by atoms with Crippen LogP contribution < -0.4 is 0 Å². The fraction of sp³-hybridized carbons (Fsp3) is 0.278. The molecular formula is C18H18Cl2N2O4. The molecule has 0 unspecified atom stereocenters. The minimum atomic E-state index is -0.736. The second-order valence-electron chi connectivity index (χ2n) is 5.42. The van der Waals surface area contributed by atoms with E-state index in [1.54, 1.807) is 31.2 Å². The maximum Gasteiger partial charge on any atom is 0.341 e. The van der Waals surface area contributed by atoms with Crippen molar-refractivity contribution in [3.05, 3.63) is 51.3 Å². The number of aromatic nitrogens is 2. The molecule has 0 aliphatic heterocycles. The summed E-state index contributed by atoms with van der Waals surface area (Å²) >= 11 is 12.4. The highest BCUT2D eigenvalue weighted by Gasteiger charge is 2.20. The average Bonchev–Trinajstić information content (AvgIpc) is 2.87. The number of nitrogens with zero attached hydrogens (tertiary/aromatic N) is 2. The van der Waals surface area contributed by atoms with Crippen molar-refractivity contribution in [2.75, 3.05) is 20.3 Å². The number of ether oxygens (including phenoxy) is 2. The Hall–Kier alpha value is -2.15. The molecule has 0 fully saturated rings. The van der Waals surface area contributed by atoms with Crippen LogP contribution in [0.25, 0.3) is 11.8 Å². The normalized spacial score (nSPS) is 11.5. The van der Waals surface area contributed by atoms with Gasteiger partial charge < -0.3 is 9.47 Å². The summed E-state index contributed by atoms with van der Waals surface area (Å²) in [5, 5.41) is 5.16. The quantitative estimate of drug-likeness (QED) is 0.235. The Morgan fingerprint density at radius 3 is 2.62 bits per heavy atom. The Labute approximate surface area is 161 Å². The van der Waals surface area contributed by atoms with Gasteiger partial charge in [0.25, 0.3) is 0 Å². The van der Waals surface area contributed by atoms with Gasteiger partial charge in [-0.05, 0) is 38.1 Å². The number of ketones is 1. The van der Waals surface area contributed by atoms with Gasteiger partial charge >= 0.3 is 5.97 Å². The number of hydrogen-bond acceptors (Lipinski definition) is 5. The van der Waals surface area contributed by atoms with E-state index in [4.69, 9.17) is 32.7 Å². The lowest BCUT2D eigenvalue weighted by atomic mass is 10.1. The van der Waals surface area contributed by atoms with Crippen molar-refractivity contribution in [2.24, 2.45) is 0 Å². The molecule has 0 bridgehead atoms. The van der Waals surface area contributed by atoms with Gasteiger partial charge in [0, 0.05) is 17.7 Å². The summed E-state index contributed by atoms with van der Waals surface area (Å²) in [5.74, 6) is -1.17. The van der Waals surface area contributed by atoms with Crippen molar-refractivity contribution in [3.63, 3.8) is 0 Å². The van der Waals surface area contributed by atoms with E-state index >= 15 is 0 Å². The number of benzene rings is 1. The summed E-state index contributed by atoms with van der Waals surface area (Å²) in [4.78, 5) is 24.0. The number of esters is 1. The lowest BCUT2D eigenvalue weighted by molar-refractivity contribution is -0.141. The first-order valence-corrected chi connectivity index (χ1v) is 8.50. The summed E-state index contributed by atoms with van der Waals surface area (Å²) in [6.45, 7) is 3.30. The van der Waals surface area contributed by atoms with Crippen LogP contribution in [0.5, 0.6) is 0 Å². The minimum Gasteiger partial charge on any atom is -0.460 e. The predicted molar refractivity (Wildman–Crippen MR) is 99.8 cm³/mol. The van der Waals surface area contributed by atoms with Crippen molar-refractivity contribution in [1.29, 1.82) is 0 Å². The number of rotatable bonds is 7. The molecule has 0 spiro atoms. The first kappa shape index (κ1) is 20.2. The number of hydrogen-bond donors (Lipinski definition) is 0. The highest BCUT2D eigenvalue weighted by atomic mass is 35.5. The molecule has 0 aliphatic rings. The largest absolute Gasteiger partial charge is 0.460 e. The van der Waals surface area contributed by atoms with Crippen LogP contribution in [0.1, 0.15) is 18.2 Å². The van der Waals surface area contributed by atoms with Gasteiger partial charge in [0.05, 0.1) is 18.0 Å². The van der Waals surface area contributed by atoms with Gasteiger partial charge in [0.2, 0.25) is 0 Å². The minimum absolute atomic E-state index is 0.0500. The van der Waals surface area contributed by atoms with E-state index in [1.807, 2.05) is 0 Å². The summed E-state index contributed by atoms with van der Waals surface area (Å²) in [7, 11) is 1.49. The van der Waals surface area contributed by atoms with E-state index in [1.165, 1.54) is 24.8 Å². The maximum absolute atomic E-state index is 12.2. The smallest absolute Gasteiger partial charge is 0.341 e. The number of Topliss-reactive ketones (excluding diaryl/α,β-unsaturated/α-hetero) is 1. The molecule has 6 nitrogen and oxygen atoms in total.